The second-order valence-electron chi connectivity index (χ2n) is 6.35. The number of hydrogen-bond donors (Lipinski definition) is 2. The molecule has 2 aromatic carbocycles. The Kier molecular flexibility index (Phi) is 7.98. The van der Waals surface area contributed by atoms with Crippen LogP contribution in [0.2, 0.25) is 0 Å². The largest absolute Gasteiger partial charge is 0.494 e. The van der Waals surface area contributed by atoms with Crippen molar-refractivity contribution in [3.8, 4) is 5.75 Å². The van der Waals surface area contributed by atoms with Crippen molar-refractivity contribution in [3.63, 3.8) is 0 Å². The summed E-state index contributed by atoms with van der Waals surface area (Å²) in [5.74, 6) is 1.16. The van der Waals surface area contributed by atoms with Gasteiger partial charge in [0.25, 0.3) is 5.56 Å². The number of anilines is 1. The molecule has 0 aliphatic rings. The van der Waals surface area contributed by atoms with Crippen LogP contribution in [0.15, 0.2) is 75.5 Å². The number of aromatic nitrogens is 2. The molecule has 8 heteroatoms. The van der Waals surface area contributed by atoms with Crippen LogP contribution in [-0.2, 0) is 10.5 Å². The van der Waals surface area contributed by atoms with Crippen molar-refractivity contribution in [2.45, 2.75) is 34.9 Å². The summed E-state index contributed by atoms with van der Waals surface area (Å²) in [6.07, 6.45) is 0. The third-order valence-corrected chi connectivity index (χ3v) is 6.02. The van der Waals surface area contributed by atoms with Crippen LogP contribution >= 0.6 is 23.5 Å². The molecule has 30 heavy (non-hydrogen) atoms. The first kappa shape index (κ1) is 22.0. The van der Waals surface area contributed by atoms with E-state index in [-0.39, 0.29) is 11.5 Å². The molecule has 0 aliphatic carbocycles. The Hall–Kier alpha value is -2.71. The number of thioether (sulfide) groups is 2. The summed E-state index contributed by atoms with van der Waals surface area (Å²) in [5, 5.41) is 2.87. The number of amides is 1. The van der Waals surface area contributed by atoms with Gasteiger partial charge in [0.05, 0.1) is 17.6 Å². The fraction of sp³-hybridized carbons (Fsp3) is 0.227. The predicted octanol–water partition coefficient (Wildman–Crippen LogP) is 4.58. The van der Waals surface area contributed by atoms with Gasteiger partial charge in [0.2, 0.25) is 5.91 Å². The minimum Gasteiger partial charge on any atom is -0.494 e. The van der Waals surface area contributed by atoms with Crippen molar-refractivity contribution in [2.75, 3.05) is 11.9 Å². The Morgan fingerprint density at radius 2 is 1.90 bits per heavy atom. The van der Waals surface area contributed by atoms with Crippen LogP contribution in [0.3, 0.4) is 0 Å². The molecule has 2 N–H and O–H groups in total. The van der Waals surface area contributed by atoms with Gasteiger partial charge in [-0.25, -0.2) is 4.98 Å². The van der Waals surface area contributed by atoms with E-state index in [4.69, 9.17) is 4.74 Å². The van der Waals surface area contributed by atoms with Crippen molar-refractivity contribution in [1.82, 2.24) is 9.97 Å². The molecule has 0 fully saturated rings. The van der Waals surface area contributed by atoms with Gasteiger partial charge in [-0.15, -0.1) is 11.8 Å². The van der Waals surface area contributed by atoms with Gasteiger partial charge in [0, 0.05) is 22.4 Å². The summed E-state index contributed by atoms with van der Waals surface area (Å²) in [7, 11) is 0. The lowest BCUT2D eigenvalue weighted by molar-refractivity contribution is -0.115. The number of ether oxygens (including phenoxy) is 1. The van der Waals surface area contributed by atoms with Gasteiger partial charge >= 0.3 is 0 Å². The molecule has 1 unspecified atom stereocenters. The summed E-state index contributed by atoms with van der Waals surface area (Å²) in [6, 6.07) is 18.6. The minimum atomic E-state index is -0.434. The average Bonchev–Trinajstić information content (AvgIpc) is 2.74. The van der Waals surface area contributed by atoms with Crippen LogP contribution in [0.4, 0.5) is 5.69 Å². The van der Waals surface area contributed by atoms with E-state index >= 15 is 0 Å². The molecule has 1 aromatic heterocycles. The fourth-order valence-corrected chi connectivity index (χ4v) is 4.20. The van der Waals surface area contributed by atoms with Gasteiger partial charge in [-0.2, -0.15) is 0 Å². The van der Waals surface area contributed by atoms with Gasteiger partial charge in [-0.05, 0) is 50.2 Å². The molecule has 3 aromatic rings. The predicted molar refractivity (Wildman–Crippen MR) is 122 cm³/mol. The van der Waals surface area contributed by atoms with E-state index < -0.39 is 5.25 Å². The van der Waals surface area contributed by atoms with Crippen LogP contribution in [0, 0.1) is 0 Å². The zero-order valence-corrected chi connectivity index (χ0v) is 18.4. The van der Waals surface area contributed by atoms with E-state index in [1.54, 1.807) is 30.8 Å². The molecule has 0 aliphatic heterocycles. The van der Waals surface area contributed by atoms with Crippen LogP contribution in [0.25, 0.3) is 0 Å². The highest BCUT2D eigenvalue weighted by atomic mass is 32.2. The smallest absolute Gasteiger partial charge is 0.251 e. The number of rotatable bonds is 9. The van der Waals surface area contributed by atoms with Crippen LogP contribution in [-0.4, -0.2) is 27.7 Å². The van der Waals surface area contributed by atoms with E-state index in [2.05, 4.69) is 15.3 Å². The molecule has 1 atom stereocenters. The summed E-state index contributed by atoms with van der Waals surface area (Å²) in [4.78, 5) is 32.9. The Balaban J connectivity index is 1.59. The van der Waals surface area contributed by atoms with Crippen molar-refractivity contribution in [1.29, 1.82) is 0 Å². The van der Waals surface area contributed by atoms with Gasteiger partial charge in [-0.1, -0.05) is 30.0 Å². The lowest BCUT2D eigenvalue weighted by atomic mass is 10.3. The fourth-order valence-electron chi connectivity index (χ4n) is 2.55. The zero-order valence-electron chi connectivity index (χ0n) is 16.8. The molecule has 0 spiro atoms. The van der Waals surface area contributed by atoms with Gasteiger partial charge in [-0.3, -0.25) is 9.59 Å². The number of carbonyl (C=O) groups is 1. The Bertz CT molecular complexity index is 1020. The van der Waals surface area contributed by atoms with Crippen molar-refractivity contribution in [2.24, 2.45) is 0 Å². The highest BCUT2D eigenvalue weighted by Gasteiger charge is 2.16. The first-order valence-corrected chi connectivity index (χ1v) is 11.4. The molecule has 156 valence electrons. The number of hydrogen-bond acceptors (Lipinski definition) is 6. The molecular formula is C22H23N3O3S2. The number of aromatic amines is 1. The Labute approximate surface area is 183 Å². The monoisotopic (exact) mass is 441 g/mol. The molecule has 0 saturated heterocycles. The van der Waals surface area contributed by atoms with Gasteiger partial charge in [0.1, 0.15) is 5.75 Å². The molecule has 0 radical (unpaired) electrons. The van der Waals surface area contributed by atoms with Gasteiger partial charge in [0.15, 0.2) is 5.16 Å². The molecule has 1 heterocycles. The second-order valence-corrected chi connectivity index (χ2v) is 8.73. The highest BCUT2D eigenvalue weighted by Crippen LogP contribution is 2.24. The summed E-state index contributed by atoms with van der Waals surface area (Å²) >= 11 is 2.83. The van der Waals surface area contributed by atoms with Gasteiger partial charge < -0.3 is 15.0 Å². The van der Waals surface area contributed by atoms with E-state index in [9.17, 15) is 9.59 Å². The Morgan fingerprint density at radius 3 is 2.60 bits per heavy atom. The first-order chi connectivity index (χ1) is 14.5. The summed E-state index contributed by atoms with van der Waals surface area (Å²) in [6.45, 7) is 4.29. The normalized spacial score (nSPS) is 11.7. The topological polar surface area (TPSA) is 84.1 Å². The first-order valence-electron chi connectivity index (χ1n) is 9.52. The molecule has 6 nitrogen and oxygen atoms in total. The number of nitrogens with zero attached hydrogens (tertiary/aromatic N) is 1. The molecule has 1 amide bonds. The van der Waals surface area contributed by atoms with E-state index in [0.717, 1.165) is 10.6 Å². The lowest BCUT2D eigenvalue weighted by Gasteiger charge is -2.12. The van der Waals surface area contributed by atoms with Crippen LogP contribution < -0.4 is 15.6 Å². The third-order valence-electron chi connectivity index (χ3n) is 3.99. The summed E-state index contributed by atoms with van der Waals surface area (Å²) < 4.78 is 5.40. The van der Waals surface area contributed by atoms with E-state index in [1.165, 1.54) is 17.8 Å². The third kappa shape index (κ3) is 6.67. The Morgan fingerprint density at radius 1 is 1.17 bits per heavy atom. The summed E-state index contributed by atoms with van der Waals surface area (Å²) in [5.41, 5.74) is 1.13. The van der Waals surface area contributed by atoms with Crippen molar-refractivity contribution < 1.29 is 9.53 Å². The maximum atomic E-state index is 12.5. The number of nitrogens with one attached hydrogen (secondary N) is 2. The van der Waals surface area contributed by atoms with Crippen LogP contribution in [0.5, 0.6) is 5.75 Å². The maximum Gasteiger partial charge on any atom is 0.251 e. The average molecular weight is 442 g/mol. The van der Waals surface area contributed by atoms with E-state index in [0.29, 0.717) is 28.9 Å². The quantitative estimate of drug-likeness (QED) is 0.374. The number of benzene rings is 2. The van der Waals surface area contributed by atoms with Crippen LogP contribution in [0.1, 0.15) is 19.5 Å². The standard InChI is InChI=1S/C22H23N3O3S2/c1-3-28-18-11-9-16(10-12-18)23-21(27)15(2)30-22-24-17(13-20(26)25-22)14-29-19-7-5-4-6-8-19/h4-13,15H,3,14H2,1-2H3,(H,23,27)(H,24,25,26). The number of H-pyrrole nitrogens is 1. The zero-order chi connectivity index (χ0) is 21.3. The van der Waals surface area contributed by atoms with Crippen molar-refractivity contribution >= 4 is 35.1 Å². The molecule has 0 saturated carbocycles. The van der Waals surface area contributed by atoms with E-state index in [1.807, 2.05) is 49.4 Å². The molecule has 3 rings (SSSR count). The maximum absolute atomic E-state index is 12.5. The molecule has 0 bridgehead atoms. The number of carbonyl (C=O) groups excluding carboxylic acids is 1. The SMILES string of the molecule is CCOc1ccc(NC(=O)C(C)Sc2nc(CSc3ccccc3)cc(=O)[nH]2)cc1. The van der Waals surface area contributed by atoms with Crippen molar-refractivity contribution in [3.05, 3.63) is 76.7 Å². The lowest BCUT2D eigenvalue weighted by Crippen LogP contribution is -2.23. The minimum absolute atomic E-state index is 0.170. The molecular weight excluding hydrogens is 418 g/mol. The second kappa shape index (κ2) is 10.9. The highest BCUT2D eigenvalue weighted by molar-refractivity contribution is 8.00.